The minimum absolute atomic E-state index is 0.115. The lowest BCUT2D eigenvalue weighted by atomic mass is 10.0. The van der Waals surface area contributed by atoms with E-state index in [9.17, 15) is 4.79 Å². The van der Waals surface area contributed by atoms with Crippen molar-refractivity contribution >= 4 is 11.0 Å². The second-order valence-electron chi connectivity index (χ2n) is 6.00. The van der Waals surface area contributed by atoms with Gasteiger partial charge in [-0.3, -0.25) is 4.90 Å². The first-order valence-electron chi connectivity index (χ1n) is 8.10. The van der Waals surface area contributed by atoms with E-state index in [0.29, 0.717) is 12.1 Å². The van der Waals surface area contributed by atoms with Crippen molar-refractivity contribution in [2.24, 2.45) is 0 Å². The summed E-state index contributed by atoms with van der Waals surface area (Å²) in [6.45, 7) is 4.84. The van der Waals surface area contributed by atoms with Gasteiger partial charge in [-0.15, -0.1) is 0 Å². The Morgan fingerprint density at radius 3 is 2.79 bits per heavy atom. The number of fused-ring (bicyclic) bond motifs is 1. The molecule has 1 unspecified atom stereocenters. The van der Waals surface area contributed by atoms with E-state index in [1.807, 2.05) is 25.2 Å². The fraction of sp³-hybridized carbons (Fsp3) is 0.316. The van der Waals surface area contributed by atoms with Crippen LogP contribution in [0.15, 0.2) is 52.1 Å². The van der Waals surface area contributed by atoms with Gasteiger partial charge in [-0.2, -0.15) is 0 Å². The topological polar surface area (TPSA) is 59.2 Å². The Kier molecular flexibility index (Phi) is 4.71. The second-order valence-corrected chi connectivity index (χ2v) is 6.00. The van der Waals surface area contributed by atoms with Gasteiger partial charge in [-0.25, -0.2) is 14.8 Å². The highest BCUT2D eigenvalue weighted by molar-refractivity contribution is 5.80. The van der Waals surface area contributed by atoms with Gasteiger partial charge < -0.3 is 4.42 Å². The highest BCUT2D eigenvalue weighted by Crippen LogP contribution is 2.23. The Labute approximate surface area is 141 Å². The summed E-state index contributed by atoms with van der Waals surface area (Å²) in [7, 11) is 2.02. The quantitative estimate of drug-likeness (QED) is 0.674. The molecule has 2 heterocycles. The van der Waals surface area contributed by atoms with Crippen LogP contribution < -0.4 is 5.63 Å². The van der Waals surface area contributed by atoms with E-state index in [4.69, 9.17) is 4.42 Å². The highest BCUT2D eigenvalue weighted by atomic mass is 16.4. The molecule has 3 aromatic rings. The molecular weight excluding hydrogens is 302 g/mol. The molecule has 0 aliphatic carbocycles. The lowest BCUT2D eigenvalue weighted by molar-refractivity contribution is 0.249. The van der Waals surface area contributed by atoms with Gasteiger partial charge in [0, 0.05) is 30.2 Å². The molecule has 0 fully saturated rings. The molecule has 24 heavy (non-hydrogen) atoms. The summed E-state index contributed by atoms with van der Waals surface area (Å²) in [5.41, 5.74) is 3.47. The molecule has 1 atom stereocenters. The third-order valence-corrected chi connectivity index (χ3v) is 4.41. The molecule has 5 heteroatoms. The summed E-state index contributed by atoms with van der Waals surface area (Å²) in [6, 6.07) is 9.61. The van der Waals surface area contributed by atoms with Crippen LogP contribution in [0.25, 0.3) is 11.0 Å². The Hall–Kier alpha value is -2.53. The van der Waals surface area contributed by atoms with Crippen LogP contribution in [0.2, 0.25) is 0 Å². The van der Waals surface area contributed by atoms with Crippen LogP contribution in [0, 0.1) is 0 Å². The average molecular weight is 323 g/mol. The molecule has 0 spiro atoms. The number of hydrogen-bond donors (Lipinski definition) is 0. The number of aromatic nitrogens is 2. The number of rotatable bonds is 5. The van der Waals surface area contributed by atoms with Gasteiger partial charge in [-0.1, -0.05) is 13.0 Å². The monoisotopic (exact) mass is 323 g/mol. The summed E-state index contributed by atoms with van der Waals surface area (Å²) in [5, 5.41) is 0.996. The molecule has 2 aromatic heterocycles. The minimum Gasteiger partial charge on any atom is -0.423 e. The summed E-state index contributed by atoms with van der Waals surface area (Å²) in [4.78, 5) is 22.3. The summed E-state index contributed by atoms with van der Waals surface area (Å²) >= 11 is 0. The van der Waals surface area contributed by atoms with Crippen LogP contribution in [0.1, 0.15) is 36.7 Å². The summed E-state index contributed by atoms with van der Waals surface area (Å²) < 4.78 is 5.33. The molecule has 0 aliphatic heterocycles. The zero-order valence-electron chi connectivity index (χ0n) is 14.2. The number of hydrogen-bond acceptors (Lipinski definition) is 5. The van der Waals surface area contributed by atoms with E-state index in [0.717, 1.165) is 23.1 Å². The first-order valence-corrected chi connectivity index (χ1v) is 8.10. The standard InChI is InChI=1S/C19H21N3O2/c1-4-14-5-6-18-16(9-14)15(10-19(23)24-18)11-22(3)13(2)17-7-8-20-12-21-17/h5-10,12-13H,4,11H2,1-3H3. The maximum atomic E-state index is 11.9. The molecule has 0 saturated heterocycles. The van der Waals surface area contributed by atoms with E-state index in [2.05, 4.69) is 34.8 Å². The number of benzene rings is 1. The van der Waals surface area contributed by atoms with Crippen molar-refractivity contribution in [3.05, 3.63) is 70.1 Å². The van der Waals surface area contributed by atoms with Crippen molar-refractivity contribution in [2.45, 2.75) is 32.9 Å². The van der Waals surface area contributed by atoms with Gasteiger partial charge in [0.05, 0.1) is 5.69 Å². The Morgan fingerprint density at radius 2 is 2.08 bits per heavy atom. The third kappa shape index (κ3) is 3.36. The molecule has 0 radical (unpaired) electrons. The summed E-state index contributed by atoms with van der Waals surface area (Å²) in [6.07, 6.45) is 4.24. The lowest BCUT2D eigenvalue weighted by Gasteiger charge is -2.24. The molecule has 3 rings (SSSR count). The van der Waals surface area contributed by atoms with Crippen LogP contribution in [-0.2, 0) is 13.0 Å². The maximum absolute atomic E-state index is 11.9. The van der Waals surface area contributed by atoms with Gasteiger partial charge in [0.15, 0.2) is 0 Å². The average Bonchev–Trinajstić information content (AvgIpc) is 2.61. The predicted molar refractivity (Wildman–Crippen MR) is 93.8 cm³/mol. The SMILES string of the molecule is CCc1ccc2oc(=O)cc(CN(C)C(C)c3ccncn3)c2c1. The summed E-state index contributed by atoms with van der Waals surface area (Å²) in [5.74, 6) is 0. The van der Waals surface area contributed by atoms with E-state index in [1.54, 1.807) is 18.6 Å². The van der Waals surface area contributed by atoms with E-state index in [-0.39, 0.29) is 11.7 Å². The molecule has 5 nitrogen and oxygen atoms in total. The first-order chi connectivity index (χ1) is 11.6. The Morgan fingerprint density at radius 1 is 1.25 bits per heavy atom. The van der Waals surface area contributed by atoms with Crippen molar-refractivity contribution in [3.63, 3.8) is 0 Å². The van der Waals surface area contributed by atoms with Crippen LogP contribution in [-0.4, -0.2) is 21.9 Å². The zero-order chi connectivity index (χ0) is 17.1. The Balaban J connectivity index is 1.95. The molecular formula is C19H21N3O2. The van der Waals surface area contributed by atoms with Crippen molar-refractivity contribution in [3.8, 4) is 0 Å². The van der Waals surface area contributed by atoms with E-state index >= 15 is 0 Å². The third-order valence-electron chi connectivity index (χ3n) is 4.41. The number of aryl methyl sites for hydroxylation is 1. The zero-order valence-corrected chi connectivity index (χ0v) is 14.2. The molecule has 0 saturated carbocycles. The van der Waals surface area contributed by atoms with E-state index < -0.39 is 0 Å². The van der Waals surface area contributed by atoms with Crippen molar-refractivity contribution in [1.82, 2.24) is 14.9 Å². The molecule has 124 valence electrons. The lowest BCUT2D eigenvalue weighted by Crippen LogP contribution is -2.23. The van der Waals surface area contributed by atoms with Gasteiger partial charge in [-0.05, 0) is 49.7 Å². The van der Waals surface area contributed by atoms with Crippen molar-refractivity contribution < 1.29 is 4.42 Å². The highest BCUT2D eigenvalue weighted by Gasteiger charge is 2.15. The molecule has 0 amide bonds. The van der Waals surface area contributed by atoms with Crippen LogP contribution in [0.4, 0.5) is 0 Å². The normalized spacial score (nSPS) is 12.7. The fourth-order valence-electron chi connectivity index (χ4n) is 2.81. The van der Waals surface area contributed by atoms with Gasteiger partial charge in [0.25, 0.3) is 0 Å². The maximum Gasteiger partial charge on any atom is 0.336 e. The first kappa shape index (κ1) is 16.3. The van der Waals surface area contributed by atoms with Crippen LogP contribution >= 0.6 is 0 Å². The largest absolute Gasteiger partial charge is 0.423 e. The molecule has 0 N–H and O–H groups in total. The van der Waals surface area contributed by atoms with Crippen molar-refractivity contribution in [1.29, 1.82) is 0 Å². The second kappa shape index (κ2) is 6.93. The van der Waals surface area contributed by atoms with Gasteiger partial charge in [0.2, 0.25) is 0 Å². The van der Waals surface area contributed by atoms with Crippen LogP contribution in [0.5, 0.6) is 0 Å². The molecule has 0 bridgehead atoms. The van der Waals surface area contributed by atoms with E-state index in [1.165, 1.54) is 5.56 Å². The number of nitrogens with zero attached hydrogens (tertiary/aromatic N) is 3. The predicted octanol–water partition coefficient (Wildman–Crippen LogP) is 3.34. The van der Waals surface area contributed by atoms with Crippen LogP contribution in [0.3, 0.4) is 0 Å². The Bertz CT molecular complexity index is 890. The van der Waals surface area contributed by atoms with Crippen molar-refractivity contribution in [2.75, 3.05) is 7.05 Å². The smallest absolute Gasteiger partial charge is 0.336 e. The molecule has 1 aromatic carbocycles. The molecule has 0 aliphatic rings. The van der Waals surface area contributed by atoms with Gasteiger partial charge >= 0.3 is 5.63 Å². The fourth-order valence-corrected chi connectivity index (χ4v) is 2.81. The van der Waals surface area contributed by atoms with Gasteiger partial charge in [0.1, 0.15) is 11.9 Å². The minimum atomic E-state index is -0.315.